The number of hydrogen-bond donors (Lipinski definition) is 0. The highest BCUT2D eigenvalue weighted by molar-refractivity contribution is 5.61. The molecule has 0 N–H and O–H groups in total. The third kappa shape index (κ3) is 3.69. The highest BCUT2D eigenvalue weighted by Gasteiger charge is 2.76. The standard InChI is InChI=1S/C38H41N3O2/c1-42-32-14-11-28-19-33-37-16-15-31-34(29(20-37)24-41(31)23-26-5-3-2-4-6-26)38(37,17-18-40(33)22-27-7-8-27)35(28)36(32)43-30-12-9-25(21-39)10-13-30/h2-6,9-14,27,29,31,33-34H,7-8,15-20,22-24H2,1H3. The summed E-state index contributed by atoms with van der Waals surface area (Å²) in [7, 11) is 1.78. The predicted molar refractivity (Wildman–Crippen MR) is 166 cm³/mol. The number of ether oxygens (including phenoxy) is 2. The third-order valence-electron chi connectivity index (χ3n) is 12.6. The molecule has 9 rings (SSSR count). The predicted octanol–water partition coefficient (Wildman–Crippen LogP) is 6.94. The Hall–Kier alpha value is -3.33. The molecule has 220 valence electrons. The maximum Gasteiger partial charge on any atom is 0.173 e. The van der Waals surface area contributed by atoms with Gasteiger partial charge in [0, 0.05) is 42.7 Å². The minimum absolute atomic E-state index is 0.0980. The Kier molecular flexibility index (Phi) is 5.82. The molecular formula is C38H41N3O2. The van der Waals surface area contributed by atoms with E-state index in [0.29, 0.717) is 29.0 Å². The van der Waals surface area contributed by atoms with Crippen LogP contribution in [0.25, 0.3) is 0 Å². The van der Waals surface area contributed by atoms with E-state index in [1.54, 1.807) is 7.11 Å². The Morgan fingerprint density at radius 2 is 1.79 bits per heavy atom. The number of likely N-dealkylation sites (tertiary alicyclic amines) is 2. The second kappa shape index (κ2) is 9.58. The van der Waals surface area contributed by atoms with Gasteiger partial charge in [0.1, 0.15) is 5.75 Å². The zero-order valence-electron chi connectivity index (χ0n) is 25.2. The normalized spacial score (nSPS) is 33.9. The van der Waals surface area contributed by atoms with Crippen LogP contribution in [0.5, 0.6) is 17.2 Å². The monoisotopic (exact) mass is 571 g/mol. The van der Waals surface area contributed by atoms with Crippen LogP contribution < -0.4 is 9.47 Å². The molecule has 0 radical (unpaired) electrons. The second-order valence-electron chi connectivity index (χ2n) is 14.4. The van der Waals surface area contributed by atoms with Gasteiger partial charge in [-0.25, -0.2) is 0 Å². The van der Waals surface area contributed by atoms with E-state index in [1.807, 2.05) is 24.3 Å². The quantitative estimate of drug-likeness (QED) is 0.308. The summed E-state index contributed by atoms with van der Waals surface area (Å²) in [5.41, 5.74) is 5.43. The Morgan fingerprint density at radius 1 is 0.953 bits per heavy atom. The lowest BCUT2D eigenvalue weighted by atomic mass is 9.43. The Morgan fingerprint density at radius 3 is 2.56 bits per heavy atom. The van der Waals surface area contributed by atoms with Crippen LogP contribution in [0.2, 0.25) is 0 Å². The van der Waals surface area contributed by atoms with Gasteiger partial charge in [-0.05, 0) is 116 Å². The van der Waals surface area contributed by atoms with E-state index in [9.17, 15) is 5.26 Å². The number of rotatable bonds is 7. The number of piperidine rings is 1. The van der Waals surface area contributed by atoms with Gasteiger partial charge in [0.05, 0.1) is 18.7 Å². The van der Waals surface area contributed by atoms with Crippen LogP contribution in [0, 0.1) is 34.5 Å². The number of benzene rings is 3. The molecule has 5 nitrogen and oxygen atoms in total. The van der Waals surface area contributed by atoms with E-state index in [0.717, 1.165) is 42.0 Å². The van der Waals surface area contributed by atoms with Crippen LogP contribution in [0.15, 0.2) is 66.7 Å². The molecule has 5 heteroatoms. The maximum absolute atomic E-state index is 9.38. The van der Waals surface area contributed by atoms with Gasteiger partial charge in [-0.15, -0.1) is 0 Å². The van der Waals surface area contributed by atoms with Crippen LogP contribution in [0.1, 0.15) is 60.8 Å². The lowest BCUT2D eigenvalue weighted by Crippen LogP contribution is -2.69. The van der Waals surface area contributed by atoms with Gasteiger partial charge in [0.25, 0.3) is 0 Å². The lowest BCUT2D eigenvalue weighted by Gasteiger charge is -2.66. The lowest BCUT2D eigenvalue weighted by molar-refractivity contribution is -0.106. The van der Waals surface area contributed by atoms with Gasteiger partial charge >= 0.3 is 0 Å². The van der Waals surface area contributed by atoms with E-state index in [1.165, 1.54) is 74.8 Å². The summed E-state index contributed by atoms with van der Waals surface area (Å²) >= 11 is 0. The van der Waals surface area contributed by atoms with Crippen LogP contribution in [-0.2, 0) is 18.4 Å². The Bertz CT molecular complexity index is 1590. The molecule has 4 bridgehead atoms. The number of nitrogens with zero attached hydrogens (tertiary/aromatic N) is 3. The van der Waals surface area contributed by atoms with Crippen molar-refractivity contribution in [2.45, 2.75) is 69.0 Å². The summed E-state index contributed by atoms with van der Waals surface area (Å²) in [6, 6.07) is 26.7. The van der Waals surface area contributed by atoms with E-state index < -0.39 is 0 Å². The van der Waals surface area contributed by atoms with Gasteiger partial charge in [-0.2, -0.15) is 5.26 Å². The molecule has 3 aromatic rings. The number of methoxy groups -OCH3 is 1. The zero-order chi connectivity index (χ0) is 28.8. The molecule has 6 unspecified atom stereocenters. The SMILES string of the molecule is COc1ccc2c(c1Oc1ccc(C#N)cc1)C13CCN(CC4CC4)C(C2)C12CCC1C3C(CN1Cc1ccccc1)C2. The first-order chi connectivity index (χ1) is 21.1. The first-order valence-corrected chi connectivity index (χ1v) is 16.5. The van der Waals surface area contributed by atoms with Crippen LogP contribution in [0.4, 0.5) is 0 Å². The van der Waals surface area contributed by atoms with E-state index in [4.69, 9.17) is 9.47 Å². The average Bonchev–Trinajstić information content (AvgIpc) is 3.75. The molecule has 5 fully saturated rings. The highest BCUT2D eigenvalue weighted by atomic mass is 16.5. The topological polar surface area (TPSA) is 48.7 Å². The van der Waals surface area contributed by atoms with Crippen molar-refractivity contribution < 1.29 is 9.47 Å². The number of nitriles is 1. The van der Waals surface area contributed by atoms with E-state index in [-0.39, 0.29) is 5.41 Å². The Labute approximate surface area is 255 Å². The van der Waals surface area contributed by atoms with Crippen molar-refractivity contribution in [3.63, 3.8) is 0 Å². The number of fused-ring (bicyclic) bond motifs is 1. The van der Waals surface area contributed by atoms with Gasteiger partial charge in [0.2, 0.25) is 0 Å². The Balaban J connectivity index is 1.19. The highest BCUT2D eigenvalue weighted by Crippen LogP contribution is 2.77. The number of hydrogen-bond acceptors (Lipinski definition) is 5. The summed E-state index contributed by atoms with van der Waals surface area (Å²) in [5.74, 6) is 4.83. The van der Waals surface area contributed by atoms with Gasteiger partial charge in [-0.1, -0.05) is 36.4 Å². The average molecular weight is 572 g/mol. The molecule has 4 aliphatic carbocycles. The van der Waals surface area contributed by atoms with Crippen LogP contribution >= 0.6 is 0 Å². The van der Waals surface area contributed by atoms with Gasteiger partial charge in [0.15, 0.2) is 11.5 Å². The summed E-state index contributed by atoms with van der Waals surface area (Å²) in [5, 5.41) is 9.38. The molecule has 43 heavy (non-hydrogen) atoms. The molecule has 3 aromatic carbocycles. The first-order valence-electron chi connectivity index (χ1n) is 16.5. The van der Waals surface area contributed by atoms with Crippen molar-refractivity contribution in [2.24, 2.45) is 23.2 Å². The fraction of sp³-hybridized carbons (Fsp3) is 0.500. The molecule has 3 saturated carbocycles. The van der Waals surface area contributed by atoms with E-state index in [2.05, 4.69) is 58.3 Å². The minimum Gasteiger partial charge on any atom is -0.493 e. The molecular weight excluding hydrogens is 530 g/mol. The molecule has 0 aromatic heterocycles. The summed E-state index contributed by atoms with van der Waals surface area (Å²) in [6.07, 6.45) is 9.15. The molecule has 2 heterocycles. The summed E-state index contributed by atoms with van der Waals surface area (Å²) in [4.78, 5) is 5.80. The fourth-order valence-corrected chi connectivity index (χ4v) is 11.1. The van der Waals surface area contributed by atoms with Crippen molar-refractivity contribution in [1.82, 2.24) is 9.80 Å². The van der Waals surface area contributed by atoms with Crippen molar-refractivity contribution >= 4 is 0 Å². The van der Waals surface area contributed by atoms with Crippen molar-refractivity contribution in [3.8, 4) is 23.3 Å². The fourth-order valence-electron chi connectivity index (χ4n) is 11.1. The smallest absolute Gasteiger partial charge is 0.173 e. The molecule has 6 atom stereocenters. The second-order valence-corrected chi connectivity index (χ2v) is 14.4. The first kappa shape index (κ1) is 26.1. The third-order valence-corrected chi connectivity index (χ3v) is 12.6. The maximum atomic E-state index is 9.38. The van der Waals surface area contributed by atoms with Crippen molar-refractivity contribution in [3.05, 3.63) is 89.0 Å². The molecule has 2 saturated heterocycles. The molecule has 0 amide bonds. The zero-order valence-corrected chi connectivity index (χ0v) is 25.2. The largest absolute Gasteiger partial charge is 0.493 e. The molecule has 6 aliphatic rings. The van der Waals surface area contributed by atoms with Crippen molar-refractivity contribution in [1.29, 1.82) is 5.26 Å². The van der Waals surface area contributed by atoms with Gasteiger partial charge in [-0.3, -0.25) is 9.80 Å². The van der Waals surface area contributed by atoms with Gasteiger partial charge < -0.3 is 9.47 Å². The minimum atomic E-state index is 0.0980. The summed E-state index contributed by atoms with van der Waals surface area (Å²) in [6.45, 7) is 4.76. The molecule has 2 aliphatic heterocycles. The summed E-state index contributed by atoms with van der Waals surface area (Å²) < 4.78 is 13.0. The van der Waals surface area contributed by atoms with Crippen LogP contribution in [0.3, 0.4) is 0 Å². The van der Waals surface area contributed by atoms with Crippen LogP contribution in [-0.4, -0.2) is 48.6 Å². The van der Waals surface area contributed by atoms with E-state index >= 15 is 0 Å². The van der Waals surface area contributed by atoms with Crippen molar-refractivity contribution in [2.75, 3.05) is 26.7 Å². The molecule has 0 spiro atoms.